The number of aromatic nitrogens is 4. The molecule has 0 unspecified atom stereocenters. The molecule has 0 radical (unpaired) electrons. The lowest BCUT2D eigenvalue weighted by molar-refractivity contribution is -0.123. The molecule has 0 fully saturated rings. The van der Waals surface area contributed by atoms with E-state index in [-0.39, 0.29) is 5.91 Å². The fourth-order valence-corrected chi connectivity index (χ4v) is 3.99. The molecule has 3 aromatic carbocycles. The number of hydrogen-bond acceptors (Lipinski definition) is 6. The third kappa shape index (κ3) is 7.49. The molecule has 196 valence electrons. The number of ether oxygens (including phenoxy) is 1. The minimum absolute atomic E-state index is 0.265. The molecule has 0 saturated carbocycles. The molecule has 1 aromatic heterocycles. The van der Waals surface area contributed by atoms with Gasteiger partial charge in [0.1, 0.15) is 11.6 Å². The van der Waals surface area contributed by atoms with Gasteiger partial charge in [0.15, 0.2) is 0 Å². The van der Waals surface area contributed by atoms with Crippen LogP contribution in [0.25, 0.3) is 22.5 Å². The maximum Gasteiger partial charge on any atom is 0.408 e. The van der Waals surface area contributed by atoms with E-state index in [9.17, 15) is 9.59 Å². The summed E-state index contributed by atoms with van der Waals surface area (Å²) in [4.78, 5) is 25.5. The predicted octanol–water partition coefficient (Wildman–Crippen LogP) is 4.68. The largest absolute Gasteiger partial charge is 0.444 e. The summed E-state index contributed by atoms with van der Waals surface area (Å²) in [6.07, 6.45) is 0.472. The molecule has 1 atom stereocenters. The van der Waals surface area contributed by atoms with Gasteiger partial charge in [-0.3, -0.25) is 4.79 Å². The number of carbonyl (C=O) groups excluding carboxylic acids is 2. The van der Waals surface area contributed by atoms with Crippen LogP contribution in [-0.4, -0.2) is 44.3 Å². The van der Waals surface area contributed by atoms with E-state index < -0.39 is 17.7 Å². The molecule has 4 aromatic rings. The van der Waals surface area contributed by atoms with Crippen molar-refractivity contribution in [2.45, 2.75) is 51.8 Å². The molecule has 0 spiro atoms. The second-order valence-electron chi connectivity index (χ2n) is 9.92. The monoisotopic (exact) mass is 512 g/mol. The van der Waals surface area contributed by atoms with Gasteiger partial charge in [-0.2, -0.15) is 5.21 Å². The number of carbonyl (C=O) groups is 2. The second-order valence-corrected chi connectivity index (χ2v) is 9.92. The molecule has 0 saturated heterocycles. The Bertz CT molecular complexity index is 1330. The lowest BCUT2D eigenvalue weighted by Crippen LogP contribution is -2.48. The smallest absolute Gasteiger partial charge is 0.408 e. The van der Waals surface area contributed by atoms with Crippen LogP contribution < -0.4 is 10.6 Å². The molecule has 3 N–H and O–H groups in total. The standard InChI is InChI=1S/C29H32N6O3/c1-29(2,3)38-28(37)31-25(18-15-20-9-5-4-6-10-20)27(36)30-19-21-13-16-22(17-14-21)23-11-7-8-12-24(23)26-32-34-35-33-26/h4-14,16-17,25H,15,18-19H2,1-3H3,(H,30,36)(H,31,37)(H,32,33,34,35)/t25-/m1/s1. The number of nitrogens with one attached hydrogen (secondary N) is 3. The van der Waals surface area contributed by atoms with Crippen molar-refractivity contribution in [3.63, 3.8) is 0 Å². The highest BCUT2D eigenvalue weighted by Gasteiger charge is 2.24. The number of amides is 2. The van der Waals surface area contributed by atoms with E-state index in [4.69, 9.17) is 4.74 Å². The minimum Gasteiger partial charge on any atom is -0.444 e. The number of aryl methyl sites for hydroxylation is 1. The first-order chi connectivity index (χ1) is 18.3. The van der Waals surface area contributed by atoms with Crippen LogP contribution in [0, 0.1) is 0 Å². The summed E-state index contributed by atoms with van der Waals surface area (Å²) >= 11 is 0. The topological polar surface area (TPSA) is 122 Å². The molecule has 1 heterocycles. The summed E-state index contributed by atoms with van der Waals surface area (Å²) < 4.78 is 5.38. The van der Waals surface area contributed by atoms with Crippen LogP contribution in [0.3, 0.4) is 0 Å². The highest BCUT2D eigenvalue weighted by Crippen LogP contribution is 2.29. The third-order valence-corrected chi connectivity index (χ3v) is 5.82. The number of alkyl carbamates (subject to hydrolysis) is 1. The zero-order chi connectivity index (χ0) is 27.0. The average molecular weight is 513 g/mol. The van der Waals surface area contributed by atoms with Crippen LogP contribution in [-0.2, 0) is 22.5 Å². The number of benzene rings is 3. The Morgan fingerprint density at radius 1 is 0.895 bits per heavy atom. The van der Waals surface area contributed by atoms with Crippen LogP contribution in [0.4, 0.5) is 4.79 Å². The van der Waals surface area contributed by atoms with Gasteiger partial charge in [0, 0.05) is 12.1 Å². The maximum absolute atomic E-state index is 13.1. The van der Waals surface area contributed by atoms with E-state index in [0.29, 0.717) is 25.2 Å². The summed E-state index contributed by atoms with van der Waals surface area (Å²) in [6.45, 7) is 5.69. The Hall–Kier alpha value is -4.53. The van der Waals surface area contributed by atoms with E-state index in [1.807, 2.05) is 78.9 Å². The summed E-state index contributed by atoms with van der Waals surface area (Å²) in [5.74, 6) is 0.259. The van der Waals surface area contributed by atoms with E-state index >= 15 is 0 Å². The zero-order valence-electron chi connectivity index (χ0n) is 21.8. The fraction of sp³-hybridized carbons (Fsp3) is 0.276. The number of rotatable bonds is 9. The van der Waals surface area contributed by atoms with Crippen molar-refractivity contribution in [1.82, 2.24) is 31.3 Å². The second kappa shape index (κ2) is 12.1. The van der Waals surface area contributed by atoms with Crippen molar-refractivity contribution in [2.24, 2.45) is 0 Å². The molecule has 9 heteroatoms. The van der Waals surface area contributed by atoms with Gasteiger partial charge in [-0.1, -0.05) is 78.9 Å². The molecule has 0 aliphatic rings. The normalized spacial score (nSPS) is 12.0. The Kier molecular flexibility index (Phi) is 8.47. The van der Waals surface area contributed by atoms with Gasteiger partial charge in [0.05, 0.1) is 0 Å². The molecule has 9 nitrogen and oxygen atoms in total. The first-order valence-corrected chi connectivity index (χ1v) is 12.5. The van der Waals surface area contributed by atoms with Crippen molar-refractivity contribution in [3.8, 4) is 22.5 Å². The molecule has 0 aliphatic heterocycles. The third-order valence-electron chi connectivity index (χ3n) is 5.82. The van der Waals surface area contributed by atoms with Crippen LogP contribution >= 0.6 is 0 Å². The van der Waals surface area contributed by atoms with Gasteiger partial charge >= 0.3 is 6.09 Å². The average Bonchev–Trinajstić information content (AvgIpc) is 3.44. The molecule has 0 bridgehead atoms. The molecular formula is C29H32N6O3. The van der Waals surface area contributed by atoms with Gasteiger partial charge in [0.2, 0.25) is 11.7 Å². The van der Waals surface area contributed by atoms with Gasteiger partial charge < -0.3 is 15.4 Å². The number of nitrogens with zero attached hydrogens (tertiary/aromatic N) is 3. The van der Waals surface area contributed by atoms with Crippen molar-refractivity contribution in [2.75, 3.05) is 0 Å². The lowest BCUT2D eigenvalue weighted by atomic mass is 9.98. The van der Waals surface area contributed by atoms with Crippen LogP contribution in [0.5, 0.6) is 0 Å². The molecule has 2 amide bonds. The highest BCUT2D eigenvalue weighted by atomic mass is 16.6. The van der Waals surface area contributed by atoms with Crippen molar-refractivity contribution >= 4 is 12.0 Å². The molecule has 4 rings (SSSR count). The van der Waals surface area contributed by atoms with Gasteiger partial charge in [-0.25, -0.2) is 4.79 Å². The number of aromatic amines is 1. The molecular weight excluding hydrogens is 480 g/mol. The van der Waals surface area contributed by atoms with Crippen molar-refractivity contribution < 1.29 is 14.3 Å². The number of tetrazole rings is 1. The van der Waals surface area contributed by atoms with Crippen LogP contribution in [0.1, 0.15) is 38.3 Å². The first kappa shape index (κ1) is 26.5. The molecule has 0 aliphatic carbocycles. The van der Waals surface area contributed by atoms with Crippen molar-refractivity contribution in [3.05, 3.63) is 90.0 Å². The molecule has 38 heavy (non-hydrogen) atoms. The van der Waals surface area contributed by atoms with Gasteiger partial charge in [-0.05, 0) is 61.1 Å². The Morgan fingerprint density at radius 2 is 1.58 bits per heavy atom. The van der Waals surface area contributed by atoms with Crippen LogP contribution in [0.2, 0.25) is 0 Å². The number of H-pyrrole nitrogens is 1. The van der Waals surface area contributed by atoms with Crippen LogP contribution in [0.15, 0.2) is 78.9 Å². The quantitative estimate of drug-likeness (QED) is 0.299. The number of hydrogen-bond donors (Lipinski definition) is 3. The lowest BCUT2D eigenvalue weighted by Gasteiger charge is -2.23. The highest BCUT2D eigenvalue weighted by molar-refractivity contribution is 5.85. The summed E-state index contributed by atoms with van der Waals surface area (Å²) in [7, 11) is 0. The Morgan fingerprint density at radius 3 is 2.24 bits per heavy atom. The SMILES string of the molecule is CC(C)(C)OC(=O)N[C@H](CCc1ccccc1)C(=O)NCc1ccc(-c2ccccc2-c2nn[nH]n2)cc1. The summed E-state index contributed by atoms with van der Waals surface area (Å²) in [5, 5.41) is 20.0. The Labute approximate surface area is 222 Å². The van der Waals surface area contributed by atoms with E-state index in [1.54, 1.807) is 20.8 Å². The van der Waals surface area contributed by atoms with Gasteiger partial charge in [0.25, 0.3) is 0 Å². The zero-order valence-corrected chi connectivity index (χ0v) is 21.8. The fourth-order valence-electron chi connectivity index (χ4n) is 3.99. The Balaban J connectivity index is 1.41. The minimum atomic E-state index is -0.730. The first-order valence-electron chi connectivity index (χ1n) is 12.5. The maximum atomic E-state index is 13.1. The summed E-state index contributed by atoms with van der Waals surface area (Å²) in [5.41, 5.74) is 4.21. The van der Waals surface area contributed by atoms with E-state index in [1.165, 1.54) is 0 Å². The van der Waals surface area contributed by atoms with E-state index in [0.717, 1.165) is 27.8 Å². The summed E-state index contributed by atoms with van der Waals surface area (Å²) in [6, 6.07) is 24.9. The van der Waals surface area contributed by atoms with E-state index in [2.05, 4.69) is 31.3 Å². The van der Waals surface area contributed by atoms with Gasteiger partial charge in [-0.15, -0.1) is 10.2 Å². The van der Waals surface area contributed by atoms with Crippen molar-refractivity contribution in [1.29, 1.82) is 0 Å². The predicted molar refractivity (Wildman–Crippen MR) is 145 cm³/mol.